The van der Waals surface area contributed by atoms with Crippen LogP contribution >= 0.6 is 11.6 Å². The molecule has 0 saturated carbocycles. The molecule has 3 heteroatoms. The Kier molecular flexibility index (Phi) is 4.83. The van der Waals surface area contributed by atoms with Gasteiger partial charge in [-0.3, -0.25) is 0 Å². The summed E-state index contributed by atoms with van der Waals surface area (Å²) >= 11 is 6.04. The monoisotopic (exact) mass is 374 g/mol. The van der Waals surface area contributed by atoms with Crippen molar-refractivity contribution >= 4 is 22.6 Å². The summed E-state index contributed by atoms with van der Waals surface area (Å²) in [5, 5.41) is 2.98. The van der Waals surface area contributed by atoms with Crippen LogP contribution in [0, 0.1) is 6.92 Å². The first-order valence-electron chi connectivity index (χ1n) is 8.99. The van der Waals surface area contributed by atoms with Crippen LogP contribution in [-0.4, -0.2) is 7.05 Å². The molecule has 0 amide bonds. The largest absolute Gasteiger partial charge is 0.456 e. The lowest BCUT2D eigenvalue weighted by molar-refractivity contribution is 0.608. The van der Waals surface area contributed by atoms with E-state index < -0.39 is 0 Å². The molecule has 0 N–H and O–H groups in total. The Balaban J connectivity index is 1.95. The first kappa shape index (κ1) is 17.6. The van der Waals surface area contributed by atoms with E-state index in [1.165, 1.54) is 11.1 Å². The quantitative estimate of drug-likeness (QED) is 0.422. The van der Waals surface area contributed by atoms with E-state index in [1.807, 2.05) is 36.4 Å². The van der Waals surface area contributed by atoms with Crippen molar-refractivity contribution in [3.63, 3.8) is 0 Å². The summed E-state index contributed by atoms with van der Waals surface area (Å²) in [6.45, 7) is 2.93. The Morgan fingerprint density at radius 2 is 1.63 bits per heavy atom. The number of halogens is 1. The highest BCUT2D eigenvalue weighted by Crippen LogP contribution is 2.24. The summed E-state index contributed by atoms with van der Waals surface area (Å²) in [5.74, 6) is 0.831. The van der Waals surface area contributed by atoms with Gasteiger partial charge in [0, 0.05) is 16.1 Å². The minimum absolute atomic E-state index is 0.719. The Bertz CT molecular complexity index is 1160. The highest BCUT2D eigenvalue weighted by Gasteiger charge is 2.12. The summed E-state index contributed by atoms with van der Waals surface area (Å²) in [7, 11) is 2.12. The second-order valence-electron chi connectivity index (χ2n) is 6.84. The minimum Gasteiger partial charge on any atom is -0.456 e. The molecule has 1 aromatic heterocycles. The number of aryl methyl sites for hydroxylation is 1. The number of hydrogen-bond acceptors (Lipinski definition) is 1. The van der Waals surface area contributed by atoms with Gasteiger partial charge in [0.25, 0.3) is 0 Å². The molecule has 1 heterocycles. The van der Waals surface area contributed by atoms with Gasteiger partial charge in [-0.15, -0.1) is 0 Å². The SMILES string of the molecule is Cc1ccc2oc(-c3ccc(Cl)cc3)cc(=[N+](C)Cc3ccccc3)c2c1. The van der Waals surface area contributed by atoms with Crippen molar-refractivity contribution in [2.45, 2.75) is 13.5 Å². The molecular formula is C24H21ClNO+. The lowest BCUT2D eigenvalue weighted by Gasteiger charge is -2.06. The third-order valence-electron chi connectivity index (χ3n) is 4.70. The summed E-state index contributed by atoms with van der Waals surface area (Å²) < 4.78 is 8.48. The van der Waals surface area contributed by atoms with Gasteiger partial charge < -0.3 is 4.42 Å². The van der Waals surface area contributed by atoms with Gasteiger partial charge >= 0.3 is 0 Å². The van der Waals surface area contributed by atoms with Crippen molar-refractivity contribution in [1.82, 2.24) is 4.58 Å². The number of nitrogens with zero attached hydrogens (tertiary/aromatic N) is 1. The van der Waals surface area contributed by atoms with Crippen LogP contribution in [0.4, 0.5) is 0 Å². The standard InChI is InChI=1S/C24H21ClNO/c1-17-8-13-23-21(14-17)22(26(2)16-18-6-4-3-5-7-18)15-24(27-23)19-9-11-20(25)12-10-19/h3-15H,16H2,1-2H3/q+1. The highest BCUT2D eigenvalue weighted by atomic mass is 35.5. The van der Waals surface area contributed by atoms with Gasteiger partial charge in [0.1, 0.15) is 18.4 Å². The van der Waals surface area contributed by atoms with Crippen molar-refractivity contribution in [1.29, 1.82) is 0 Å². The van der Waals surface area contributed by atoms with Crippen LogP contribution in [0.5, 0.6) is 0 Å². The second kappa shape index (κ2) is 7.42. The minimum atomic E-state index is 0.719. The van der Waals surface area contributed by atoms with Gasteiger partial charge in [-0.25, -0.2) is 4.58 Å². The van der Waals surface area contributed by atoms with Crippen molar-refractivity contribution in [3.05, 3.63) is 100 Å². The number of benzene rings is 3. The Morgan fingerprint density at radius 1 is 0.889 bits per heavy atom. The third kappa shape index (κ3) is 3.81. The van der Waals surface area contributed by atoms with Gasteiger partial charge in [0.15, 0.2) is 6.54 Å². The lowest BCUT2D eigenvalue weighted by atomic mass is 10.1. The molecule has 0 aliphatic carbocycles. The average Bonchev–Trinajstić information content (AvgIpc) is 2.68. The fourth-order valence-electron chi connectivity index (χ4n) is 3.30. The predicted molar refractivity (Wildman–Crippen MR) is 113 cm³/mol. The molecule has 134 valence electrons. The van der Waals surface area contributed by atoms with Crippen LogP contribution in [0.1, 0.15) is 11.1 Å². The molecule has 0 atom stereocenters. The summed E-state index contributed by atoms with van der Waals surface area (Å²) in [4.78, 5) is 0. The fraction of sp³-hybridized carbons (Fsp3) is 0.125. The fourth-order valence-corrected chi connectivity index (χ4v) is 3.42. The van der Waals surface area contributed by atoms with Crippen LogP contribution < -0.4 is 9.93 Å². The van der Waals surface area contributed by atoms with Crippen LogP contribution in [0.15, 0.2) is 83.3 Å². The molecule has 4 aromatic rings. The van der Waals surface area contributed by atoms with E-state index in [0.29, 0.717) is 0 Å². The molecule has 3 aromatic carbocycles. The molecule has 4 rings (SSSR count). The first-order valence-corrected chi connectivity index (χ1v) is 9.36. The average molecular weight is 375 g/mol. The van der Waals surface area contributed by atoms with Crippen molar-refractivity contribution in [2.24, 2.45) is 0 Å². The Morgan fingerprint density at radius 3 is 2.37 bits per heavy atom. The van der Waals surface area contributed by atoms with E-state index in [9.17, 15) is 0 Å². The first-order chi connectivity index (χ1) is 13.1. The highest BCUT2D eigenvalue weighted by molar-refractivity contribution is 6.30. The molecule has 0 saturated heterocycles. The Labute approximate surface area is 164 Å². The van der Waals surface area contributed by atoms with Crippen LogP contribution in [0.2, 0.25) is 5.02 Å². The third-order valence-corrected chi connectivity index (χ3v) is 4.95. The molecule has 0 radical (unpaired) electrons. The zero-order valence-electron chi connectivity index (χ0n) is 15.4. The van der Waals surface area contributed by atoms with Crippen LogP contribution in [0.3, 0.4) is 0 Å². The van der Waals surface area contributed by atoms with E-state index >= 15 is 0 Å². The zero-order valence-corrected chi connectivity index (χ0v) is 16.2. The molecular weight excluding hydrogens is 354 g/mol. The summed E-state index contributed by atoms with van der Waals surface area (Å²) in [6.07, 6.45) is 0. The maximum Gasteiger partial charge on any atom is 0.214 e. The Hall–Kier alpha value is -2.84. The van der Waals surface area contributed by atoms with Gasteiger partial charge in [0.2, 0.25) is 5.36 Å². The van der Waals surface area contributed by atoms with Gasteiger partial charge in [-0.05, 0) is 43.3 Å². The molecule has 2 nitrogen and oxygen atoms in total. The van der Waals surface area contributed by atoms with Crippen LogP contribution in [-0.2, 0) is 6.54 Å². The van der Waals surface area contributed by atoms with E-state index in [2.05, 4.69) is 61.0 Å². The molecule has 0 spiro atoms. The molecule has 0 aliphatic heterocycles. The zero-order chi connectivity index (χ0) is 18.8. The molecule has 0 bridgehead atoms. The molecule has 27 heavy (non-hydrogen) atoms. The molecule has 0 aliphatic rings. The topological polar surface area (TPSA) is 16.1 Å². The maximum atomic E-state index is 6.21. The second-order valence-corrected chi connectivity index (χ2v) is 7.28. The van der Waals surface area contributed by atoms with Crippen molar-refractivity contribution in [2.75, 3.05) is 7.05 Å². The van der Waals surface area contributed by atoms with E-state index in [4.69, 9.17) is 16.0 Å². The lowest BCUT2D eigenvalue weighted by Crippen LogP contribution is -2.26. The summed E-state index contributed by atoms with van der Waals surface area (Å²) in [5.41, 5.74) is 4.38. The van der Waals surface area contributed by atoms with Crippen LogP contribution in [0.25, 0.3) is 22.3 Å². The predicted octanol–water partition coefficient (Wildman–Crippen LogP) is 5.66. The van der Waals surface area contributed by atoms with E-state index in [1.54, 1.807) is 0 Å². The normalized spacial score (nSPS) is 12.3. The van der Waals surface area contributed by atoms with E-state index in [0.717, 1.165) is 39.2 Å². The van der Waals surface area contributed by atoms with Gasteiger partial charge in [-0.2, -0.15) is 0 Å². The van der Waals surface area contributed by atoms with Crippen molar-refractivity contribution < 1.29 is 4.42 Å². The molecule has 0 fully saturated rings. The maximum absolute atomic E-state index is 6.21. The molecule has 0 unspecified atom stereocenters. The van der Waals surface area contributed by atoms with Gasteiger partial charge in [-0.1, -0.05) is 53.6 Å². The van der Waals surface area contributed by atoms with Gasteiger partial charge in [0.05, 0.1) is 11.5 Å². The van der Waals surface area contributed by atoms with Crippen molar-refractivity contribution in [3.8, 4) is 11.3 Å². The number of fused-ring (bicyclic) bond motifs is 1. The summed E-state index contributed by atoms with van der Waals surface area (Å²) in [6, 6.07) is 26.7. The smallest absolute Gasteiger partial charge is 0.214 e. The number of rotatable bonds is 3. The number of hydrogen-bond donors (Lipinski definition) is 0. The van der Waals surface area contributed by atoms with E-state index in [-0.39, 0.29) is 0 Å².